The fourth-order valence-electron chi connectivity index (χ4n) is 2.97. The van der Waals surface area contributed by atoms with Crippen LogP contribution in [0.25, 0.3) is 0 Å². The van der Waals surface area contributed by atoms with Crippen molar-refractivity contribution in [2.24, 2.45) is 5.92 Å². The fourth-order valence-corrected chi connectivity index (χ4v) is 2.97. The summed E-state index contributed by atoms with van der Waals surface area (Å²) in [5.41, 5.74) is -0.587. The number of unbranched alkanes of at least 4 members (excludes halogenated alkanes) is 4. The van der Waals surface area contributed by atoms with Crippen LogP contribution < -0.4 is 0 Å². The Morgan fingerprint density at radius 2 is 1.87 bits per heavy atom. The molecule has 23 heavy (non-hydrogen) atoms. The van der Waals surface area contributed by atoms with E-state index < -0.39 is 35.8 Å². The largest absolute Gasteiger partial charge is 0.458 e. The van der Waals surface area contributed by atoms with Gasteiger partial charge in [0.25, 0.3) is 0 Å². The predicted molar refractivity (Wildman–Crippen MR) is 89.1 cm³/mol. The lowest BCUT2D eigenvalue weighted by Crippen LogP contribution is -2.43. The molecule has 0 aromatic rings. The molecule has 0 aromatic carbocycles. The zero-order chi connectivity index (χ0) is 17.5. The second kappa shape index (κ2) is 9.60. The number of ether oxygens (including phenoxy) is 2. The van der Waals surface area contributed by atoms with Crippen molar-refractivity contribution in [1.29, 1.82) is 0 Å². The van der Waals surface area contributed by atoms with Crippen molar-refractivity contribution in [3.05, 3.63) is 0 Å². The van der Waals surface area contributed by atoms with Crippen LogP contribution in [0.3, 0.4) is 0 Å². The van der Waals surface area contributed by atoms with E-state index in [1.807, 2.05) is 0 Å². The van der Waals surface area contributed by atoms with Gasteiger partial charge in [0.05, 0.1) is 12.2 Å². The van der Waals surface area contributed by atoms with Crippen molar-refractivity contribution in [3.63, 3.8) is 0 Å². The van der Waals surface area contributed by atoms with Crippen LogP contribution in [-0.4, -0.2) is 46.7 Å². The highest BCUT2D eigenvalue weighted by atomic mass is 16.6. The molecule has 0 amide bonds. The molecule has 136 valence electrons. The number of hydrogen-bond donors (Lipinski definition) is 2. The first kappa shape index (κ1) is 20.4. The standard InChI is InChI=1S/C18H34O5/c1-5-6-7-8-9-10-14(19)15(20)13-11-12-22-16(13)17(21)23-18(2,3)4/h13-16,19-20H,5-12H2,1-4H3/t13-,14-,15+,16-/m1/s1. The average molecular weight is 330 g/mol. The van der Waals surface area contributed by atoms with Crippen molar-refractivity contribution >= 4 is 5.97 Å². The van der Waals surface area contributed by atoms with Crippen LogP contribution in [0.5, 0.6) is 0 Å². The Labute approximate surface area is 140 Å². The minimum Gasteiger partial charge on any atom is -0.458 e. The Kier molecular flexibility index (Phi) is 8.51. The van der Waals surface area contributed by atoms with E-state index in [0.717, 1.165) is 19.3 Å². The summed E-state index contributed by atoms with van der Waals surface area (Å²) in [5.74, 6) is -0.843. The first-order valence-electron chi connectivity index (χ1n) is 8.97. The van der Waals surface area contributed by atoms with Crippen molar-refractivity contribution in [3.8, 4) is 0 Å². The molecule has 1 aliphatic heterocycles. The van der Waals surface area contributed by atoms with Gasteiger partial charge in [-0.1, -0.05) is 39.0 Å². The quantitative estimate of drug-likeness (QED) is 0.502. The van der Waals surface area contributed by atoms with E-state index in [1.165, 1.54) is 12.8 Å². The molecule has 1 saturated heterocycles. The smallest absolute Gasteiger partial charge is 0.336 e. The zero-order valence-corrected chi connectivity index (χ0v) is 15.1. The maximum Gasteiger partial charge on any atom is 0.336 e. The Hall–Kier alpha value is -0.650. The minimum absolute atomic E-state index is 0.393. The molecule has 2 N–H and O–H groups in total. The summed E-state index contributed by atoms with van der Waals surface area (Å²) in [4.78, 5) is 12.2. The van der Waals surface area contributed by atoms with Gasteiger partial charge < -0.3 is 19.7 Å². The molecule has 0 aromatic heterocycles. The number of aliphatic hydroxyl groups excluding tert-OH is 2. The van der Waals surface area contributed by atoms with Gasteiger partial charge in [0, 0.05) is 12.5 Å². The Balaban J connectivity index is 2.46. The van der Waals surface area contributed by atoms with Gasteiger partial charge in [-0.2, -0.15) is 0 Å². The van der Waals surface area contributed by atoms with Crippen LogP contribution in [0, 0.1) is 5.92 Å². The molecule has 0 saturated carbocycles. The third-order valence-corrected chi connectivity index (χ3v) is 4.21. The van der Waals surface area contributed by atoms with Gasteiger partial charge in [-0.15, -0.1) is 0 Å². The van der Waals surface area contributed by atoms with E-state index in [9.17, 15) is 15.0 Å². The maximum absolute atomic E-state index is 12.2. The van der Waals surface area contributed by atoms with Crippen molar-refractivity contribution in [2.75, 3.05) is 6.61 Å². The van der Waals surface area contributed by atoms with E-state index in [2.05, 4.69) is 6.92 Å². The predicted octanol–water partition coefficient (Wildman–Crippen LogP) is 2.82. The molecule has 1 aliphatic rings. The van der Waals surface area contributed by atoms with Gasteiger partial charge in [0.2, 0.25) is 0 Å². The summed E-state index contributed by atoms with van der Waals surface area (Å²) in [6, 6.07) is 0. The molecule has 1 heterocycles. The average Bonchev–Trinajstić information content (AvgIpc) is 2.93. The number of carbonyl (C=O) groups excluding carboxylic acids is 1. The van der Waals surface area contributed by atoms with Gasteiger partial charge in [-0.25, -0.2) is 4.79 Å². The zero-order valence-electron chi connectivity index (χ0n) is 15.1. The second-order valence-electron chi connectivity index (χ2n) is 7.54. The number of aliphatic hydroxyl groups is 2. The fraction of sp³-hybridized carbons (Fsp3) is 0.944. The number of hydrogen-bond acceptors (Lipinski definition) is 5. The van der Waals surface area contributed by atoms with Crippen LogP contribution in [0.1, 0.15) is 72.6 Å². The molecule has 0 spiro atoms. The summed E-state index contributed by atoms with van der Waals surface area (Å²) in [5, 5.41) is 20.6. The summed E-state index contributed by atoms with van der Waals surface area (Å²) in [6.45, 7) is 7.98. The highest BCUT2D eigenvalue weighted by Gasteiger charge is 2.43. The first-order chi connectivity index (χ1) is 10.8. The van der Waals surface area contributed by atoms with E-state index in [0.29, 0.717) is 19.4 Å². The lowest BCUT2D eigenvalue weighted by molar-refractivity contribution is -0.170. The lowest BCUT2D eigenvalue weighted by atomic mass is 9.89. The van der Waals surface area contributed by atoms with Crippen LogP contribution in [-0.2, 0) is 14.3 Å². The topological polar surface area (TPSA) is 76.0 Å². The van der Waals surface area contributed by atoms with Crippen molar-refractivity contribution in [2.45, 2.75) is 96.6 Å². The molecule has 0 bridgehead atoms. The molecule has 0 radical (unpaired) electrons. The third kappa shape index (κ3) is 7.19. The molecule has 1 rings (SSSR count). The molecule has 5 nitrogen and oxygen atoms in total. The summed E-state index contributed by atoms with van der Waals surface area (Å²) in [6.07, 6.45) is 4.09. The molecular formula is C18H34O5. The Bertz CT molecular complexity index is 350. The van der Waals surface area contributed by atoms with E-state index in [1.54, 1.807) is 20.8 Å². The van der Waals surface area contributed by atoms with Gasteiger partial charge in [-0.05, 0) is 33.6 Å². The Morgan fingerprint density at radius 1 is 1.22 bits per heavy atom. The van der Waals surface area contributed by atoms with Gasteiger partial charge in [0.15, 0.2) is 6.10 Å². The minimum atomic E-state index is -0.943. The SMILES string of the molecule is CCCCCCC[C@@H](O)[C@@H](O)[C@H]1CCO[C@H]1C(=O)OC(C)(C)C. The van der Waals surface area contributed by atoms with Crippen LogP contribution in [0.15, 0.2) is 0 Å². The van der Waals surface area contributed by atoms with Gasteiger partial charge in [-0.3, -0.25) is 0 Å². The molecule has 4 atom stereocenters. The second-order valence-corrected chi connectivity index (χ2v) is 7.54. The Morgan fingerprint density at radius 3 is 2.48 bits per heavy atom. The van der Waals surface area contributed by atoms with Crippen molar-refractivity contribution in [1.82, 2.24) is 0 Å². The normalized spacial score (nSPS) is 24.4. The molecule has 0 unspecified atom stereocenters. The monoisotopic (exact) mass is 330 g/mol. The summed E-state index contributed by atoms with van der Waals surface area (Å²) >= 11 is 0. The number of rotatable bonds is 9. The highest BCUT2D eigenvalue weighted by molar-refractivity contribution is 5.76. The number of esters is 1. The van der Waals surface area contributed by atoms with Crippen LogP contribution >= 0.6 is 0 Å². The van der Waals surface area contributed by atoms with E-state index >= 15 is 0 Å². The molecule has 5 heteroatoms. The number of carbonyl (C=O) groups is 1. The molecule has 0 aliphatic carbocycles. The van der Waals surface area contributed by atoms with Gasteiger partial charge in [0.1, 0.15) is 5.60 Å². The lowest BCUT2D eigenvalue weighted by Gasteiger charge is -2.28. The maximum atomic E-state index is 12.2. The van der Waals surface area contributed by atoms with E-state index in [-0.39, 0.29) is 0 Å². The molecular weight excluding hydrogens is 296 g/mol. The summed E-state index contributed by atoms with van der Waals surface area (Å²) < 4.78 is 10.8. The molecule has 1 fully saturated rings. The highest BCUT2D eigenvalue weighted by Crippen LogP contribution is 2.29. The van der Waals surface area contributed by atoms with Crippen molar-refractivity contribution < 1.29 is 24.5 Å². The summed E-state index contributed by atoms with van der Waals surface area (Å²) in [7, 11) is 0. The van der Waals surface area contributed by atoms with Gasteiger partial charge >= 0.3 is 5.97 Å². The van der Waals surface area contributed by atoms with Crippen LogP contribution in [0.2, 0.25) is 0 Å². The van der Waals surface area contributed by atoms with Crippen LogP contribution in [0.4, 0.5) is 0 Å². The van der Waals surface area contributed by atoms with E-state index in [4.69, 9.17) is 9.47 Å². The third-order valence-electron chi connectivity index (χ3n) is 4.21. The first-order valence-corrected chi connectivity index (χ1v) is 8.97.